The minimum absolute atomic E-state index is 0.0450. The summed E-state index contributed by atoms with van der Waals surface area (Å²) in [6.45, 7) is 13.8. The number of ether oxygens (including phenoxy) is 2. The summed E-state index contributed by atoms with van der Waals surface area (Å²) in [5.74, 6) is 0. The molecule has 1 fully saturated rings. The Bertz CT molecular complexity index is 538. The Hall–Kier alpha value is -0.683. The zero-order valence-electron chi connectivity index (χ0n) is 17.6. The van der Waals surface area contributed by atoms with Gasteiger partial charge in [0.05, 0.1) is 19.3 Å². The van der Waals surface area contributed by atoms with Gasteiger partial charge in [-0.25, -0.2) is 0 Å². The van der Waals surface area contributed by atoms with Crippen molar-refractivity contribution in [1.82, 2.24) is 0 Å². The summed E-state index contributed by atoms with van der Waals surface area (Å²) in [6, 6.07) is 10.4. The predicted molar refractivity (Wildman–Crippen MR) is 111 cm³/mol. The van der Waals surface area contributed by atoms with Gasteiger partial charge < -0.3 is 13.9 Å². The molecule has 1 aromatic carbocycles. The highest BCUT2D eigenvalue weighted by Crippen LogP contribution is 2.53. The van der Waals surface area contributed by atoms with Gasteiger partial charge in [-0.05, 0) is 42.1 Å². The largest absolute Gasteiger partial charge is 0.425 e. The minimum Gasteiger partial charge on any atom is -0.425 e. The molecular weight excluding hydrogens is 340 g/mol. The molecule has 0 unspecified atom stereocenters. The Balaban J connectivity index is 1.87. The van der Waals surface area contributed by atoms with E-state index in [4.69, 9.17) is 13.9 Å². The van der Waals surface area contributed by atoms with E-state index in [0.29, 0.717) is 19.3 Å². The molecule has 0 spiro atoms. The van der Waals surface area contributed by atoms with Gasteiger partial charge in [0, 0.05) is 6.61 Å². The lowest BCUT2D eigenvalue weighted by Crippen LogP contribution is -2.63. The summed E-state index contributed by atoms with van der Waals surface area (Å²) in [5.41, 5.74) is 1.17. The van der Waals surface area contributed by atoms with Crippen molar-refractivity contribution in [2.45, 2.75) is 78.6 Å². The Kier molecular flexibility index (Phi) is 7.49. The molecule has 1 aliphatic heterocycles. The average molecular weight is 379 g/mol. The van der Waals surface area contributed by atoms with E-state index in [1.807, 2.05) is 6.07 Å². The quantitative estimate of drug-likeness (QED) is 0.499. The number of rotatable bonds is 8. The molecule has 0 radical (unpaired) electrons. The molecule has 26 heavy (non-hydrogen) atoms. The highest BCUT2D eigenvalue weighted by molar-refractivity contribution is 5.98. The Morgan fingerprint density at radius 1 is 1.19 bits per heavy atom. The van der Waals surface area contributed by atoms with E-state index in [0.717, 1.165) is 36.4 Å². The van der Waals surface area contributed by atoms with Gasteiger partial charge in [0.15, 0.2) is 0 Å². The summed E-state index contributed by atoms with van der Waals surface area (Å²) in [4.78, 5) is 0. The molecule has 0 saturated carbocycles. The normalized spacial score (nSPS) is 26.1. The van der Waals surface area contributed by atoms with Gasteiger partial charge in [-0.15, -0.1) is 0 Å². The first kappa shape index (κ1) is 21.6. The molecule has 1 heterocycles. The van der Waals surface area contributed by atoms with Crippen LogP contribution in [0, 0.1) is 10.8 Å². The Morgan fingerprint density at radius 3 is 2.50 bits per heavy atom. The summed E-state index contributed by atoms with van der Waals surface area (Å²) in [6.07, 6.45) is 4.72. The van der Waals surface area contributed by atoms with E-state index >= 15 is 0 Å². The molecule has 0 N–H and O–H groups in total. The molecule has 2 rings (SSSR count). The van der Waals surface area contributed by atoms with Crippen molar-refractivity contribution >= 4 is 10.5 Å². The zero-order valence-corrected chi connectivity index (χ0v) is 19.6. The van der Waals surface area contributed by atoms with Crippen LogP contribution < -0.4 is 0 Å². The Morgan fingerprint density at radius 2 is 1.88 bits per heavy atom. The third-order valence-electron chi connectivity index (χ3n) is 6.04. The van der Waals surface area contributed by atoms with Crippen LogP contribution in [0.2, 0.25) is 0 Å². The van der Waals surface area contributed by atoms with Crippen molar-refractivity contribution in [3.63, 3.8) is 0 Å². The lowest BCUT2D eigenvalue weighted by atomic mass is 9.58. The first-order valence-electron chi connectivity index (χ1n) is 10.0. The van der Waals surface area contributed by atoms with E-state index in [-0.39, 0.29) is 16.4 Å². The van der Waals surface area contributed by atoms with Crippen molar-refractivity contribution in [3.8, 4) is 0 Å². The second kappa shape index (κ2) is 9.00. The zero-order chi connectivity index (χ0) is 19.3. The van der Waals surface area contributed by atoms with Crippen LogP contribution >= 0.6 is 0 Å². The maximum atomic E-state index is 6.80. The lowest BCUT2D eigenvalue weighted by Gasteiger charge is -2.58. The summed E-state index contributed by atoms with van der Waals surface area (Å²) in [7, 11) is 0.753. The highest BCUT2D eigenvalue weighted by Gasteiger charge is 2.57. The van der Waals surface area contributed by atoms with Crippen LogP contribution in [-0.2, 0) is 20.5 Å². The van der Waals surface area contributed by atoms with Gasteiger partial charge in [-0.3, -0.25) is 0 Å². The van der Waals surface area contributed by atoms with Crippen molar-refractivity contribution in [1.29, 1.82) is 0 Å². The fourth-order valence-electron chi connectivity index (χ4n) is 4.45. The molecule has 148 valence electrons. The van der Waals surface area contributed by atoms with Gasteiger partial charge in [0.1, 0.15) is 16.1 Å². The molecular formula is C22H38O3Si. The van der Waals surface area contributed by atoms with E-state index in [2.05, 4.69) is 58.9 Å². The van der Waals surface area contributed by atoms with Crippen molar-refractivity contribution in [3.05, 3.63) is 35.9 Å². The maximum Gasteiger partial charge on any atom is 0.146 e. The van der Waals surface area contributed by atoms with Crippen LogP contribution in [0.1, 0.15) is 65.9 Å². The Labute approximate surface area is 163 Å². The minimum atomic E-state index is -0.227. The SMILES string of the molecule is CC(C)(C)[C@]1(CO[SiH3])O[C@@H](CCCOCc2ccccc2)CCC1(C)C. The van der Waals surface area contributed by atoms with Crippen LogP contribution in [0.5, 0.6) is 0 Å². The standard InChI is InChI=1S/C22H38O3Si/c1-20(2,3)22(17-24-26)21(4,5)14-13-19(25-22)12-9-15-23-16-18-10-7-6-8-11-18/h6-8,10-11,19H,9,12-17H2,1-5,26H3/t19-,22-/m0/s1. The lowest BCUT2D eigenvalue weighted by molar-refractivity contribution is -0.257. The average Bonchev–Trinajstić information content (AvgIpc) is 2.57. The first-order valence-corrected chi connectivity index (χ1v) is 10.8. The van der Waals surface area contributed by atoms with E-state index in [1.165, 1.54) is 12.0 Å². The van der Waals surface area contributed by atoms with Crippen molar-refractivity contribution in [2.24, 2.45) is 10.8 Å². The van der Waals surface area contributed by atoms with E-state index < -0.39 is 0 Å². The molecule has 0 bridgehead atoms. The molecule has 2 atom stereocenters. The molecule has 0 aromatic heterocycles. The van der Waals surface area contributed by atoms with Crippen LogP contribution in [-0.4, -0.2) is 35.4 Å². The monoisotopic (exact) mass is 378 g/mol. The number of hydrogen-bond acceptors (Lipinski definition) is 3. The smallest absolute Gasteiger partial charge is 0.146 e. The van der Waals surface area contributed by atoms with Crippen LogP contribution in [0.15, 0.2) is 30.3 Å². The highest BCUT2D eigenvalue weighted by atomic mass is 28.2. The molecule has 4 heteroatoms. The van der Waals surface area contributed by atoms with Gasteiger partial charge >= 0.3 is 0 Å². The third kappa shape index (κ3) is 4.97. The second-order valence-corrected chi connectivity index (χ2v) is 9.93. The maximum absolute atomic E-state index is 6.80. The van der Waals surface area contributed by atoms with Crippen LogP contribution in [0.4, 0.5) is 0 Å². The van der Waals surface area contributed by atoms with Gasteiger partial charge in [0.2, 0.25) is 0 Å². The van der Waals surface area contributed by atoms with Crippen molar-refractivity contribution in [2.75, 3.05) is 13.2 Å². The number of hydrogen-bond donors (Lipinski definition) is 0. The van der Waals surface area contributed by atoms with Gasteiger partial charge in [0.25, 0.3) is 0 Å². The summed E-state index contributed by atoms with van der Waals surface area (Å²) >= 11 is 0. The van der Waals surface area contributed by atoms with Gasteiger partial charge in [-0.2, -0.15) is 0 Å². The van der Waals surface area contributed by atoms with Crippen LogP contribution in [0.25, 0.3) is 0 Å². The third-order valence-corrected chi connectivity index (χ3v) is 6.33. The van der Waals surface area contributed by atoms with Crippen LogP contribution in [0.3, 0.4) is 0 Å². The predicted octanol–water partition coefficient (Wildman–Crippen LogP) is 4.27. The molecule has 1 aromatic rings. The van der Waals surface area contributed by atoms with Crippen molar-refractivity contribution < 1.29 is 13.9 Å². The second-order valence-electron chi connectivity index (χ2n) is 9.35. The summed E-state index contributed by atoms with van der Waals surface area (Å²) < 4.78 is 18.4. The topological polar surface area (TPSA) is 27.7 Å². The molecule has 1 saturated heterocycles. The number of benzene rings is 1. The van der Waals surface area contributed by atoms with Gasteiger partial charge in [-0.1, -0.05) is 65.0 Å². The first-order chi connectivity index (χ1) is 12.2. The fourth-order valence-corrected chi connectivity index (χ4v) is 4.85. The van der Waals surface area contributed by atoms with E-state index in [9.17, 15) is 0 Å². The molecule has 0 amide bonds. The molecule has 0 aliphatic carbocycles. The molecule has 3 nitrogen and oxygen atoms in total. The molecule has 1 aliphatic rings. The fraction of sp³-hybridized carbons (Fsp3) is 0.727. The van der Waals surface area contributed by atoms with E-state index in [1.54, 1.807) is 0 Å². The summed E-state index contributed by atoms with van der Waals surface area (Å²) in [5, 5.41) is 0.